The Bertz CT molecular complexity index is 1080. The number of benzene rings is 2. The molecule has 150 valence electrons. The first-order valence-corrected chi connectivity index (χ1v) is 9.13. The van der Waals surface area contributed by atoms with E-state index in [1.165, 1.54) is 23.2 Å². The van der Waals surface area contributed by atoms with Gasteiger partial charge in [-0.25, -0.2) is 0 Å². The lowest BCUT2D eigenvalue weighted by molar-refractivity contribution is -0.386. The van der Waals surface area contributed by atoms with E-state index < -0.39 is 16.4 Å². The molecule has 0 fully saturated rings. The fraction of sp³-hybridized carbons (Fsp3) is 0.200. The monoisotopic (exact) mass is 415 g/mol. The molecule has 0 spiro atoms. The second-order valence-electron chi connectivity index (χ2n) is 6.32. The minimum Gasteiger partial charge on any atom is -0.500 e. The fourth-order valence-electron chi connectivity index (χ4n) is 2.94. The van der Waals surface area contributed by atoms with Crippen molar-refractivity contribution >= 4 is 40.7 Å². The number of ether oxygens (including phenoxy) is 1. The number of nitro groups is 1. The van der Waals surface area contributed by atoms with Crippen molar-refractivity contribution in [2.45, 2.75) is 20.8 Å². The van der Waals surface area contributed by atoms with E-state index in [2.05, 4.69) is 5.10 Å². The van der Waals surface area contributed by atoms with Crippen molar-refractivity contribution in [2.75, 3.05) is 11.6 Å². The average molecular weight is 416 g/mol. The van der Waals surface area contributed by atoms with Crippen LogP contribution in [0.15, 0.2) is 41.0 Å². The highest BCUT2D eigenvalue weighted by Gasteiger charge is 2.30. The van der Waals surface area contributed by atoms with Gasteiger partial charge in [0.1, 0.15) is 0 Å². The minimum atomic E-state index is -0.709. The highest BCUT2D eigenvalue weighted by atomic mass is 35.5. The first-order chi connectivity index (χ1) is 13.7. The SMILES string of the molecule is CCOc1cc(/C=C2/C(=O)N(c3cccc(Cl)c3C)N=C2C)cc([N+](=O)[O-])c1O. The summed E-state index contributed by atoms with van der Waals surface area (Å²) in [5.74, 6) is -0.976. The summed E-state index contributed by atoms with van der Waals surface area (Å²) in [4.78, 5) is 23.5. The molecule has 0 atom stereocenters. The van der Waals surface area contributed by atoms with Crippen LogP contribution in [-0.4, -0.2) is 28.3 Å². The molecule has 0 bridgehead atoms. The van der Waals surface area contributed by atoms with Gasteiger partial charge < -0.3 is 9.84 Å². The Balaban J connectivity index is 2.05. The quantitative estimate of drug-likeness (QED) is 0.440. The third-order valence-corrected chi connectivity index (χ3v) is 4.82. The third-order valence-electron chi connectivity index (χ3n) is 4.41. The number of hydrogen-bond acceptors (Lipinski definition) is 6. The number of carbonyl (C=O) groups excluding carboxylic acids is 1. The third kappa shape index (κ3) is 3.79. The number of amides is 1. The lowest BCUT2D eigenvalue weighted by Gasteiger charge is -2.15. The molecule has 0 aromatic heterocycles. The smallest absolute Gasteiger partial charge is 0.315 e. The van der Waals surface area contributed by atoms with E-state index in [0.717, 1.165) is 0 Å². The highest BCUT2D eigenvalue weighted by molar-refractivity contribution is 6.34. The number of halogens is 1. The summed E-state index contributed by atoms with van der Waals surface area (Å²) in [5, 5.41) is 27.4. The van der Waals surface area contributed by atoms with Crippen LogP contribution in [0.3, 0.4) is 0 Å². The van der Waals surface area contributed by atoms with Crippen LogP contribution < -0.4 is 9.75 Å². The normalized spacial score (nSPS) is 15.0. The van der Waals surface area contributed by atoms with Gasteiger partial charge in [0.05, 0.1) is 28.5 Å². The molecule has 0 unspecified atom stereocenters. The first-order valence-electron chi connectivity index (χ1n) is 8.75. The Morgan fingerprint density at radius 3 is 2.72 bits per heavy atom. The molecule has 0 saturated heterocycles. The van der Waals surface area contributed by atoms with Crippen molar-refractivity contribution in [3.05, 3.63) is 62.2 Å². The molecule has 9 heteroatoms. The molecule has 1 heterocycles. The molecule has 0 radical (unpaired) electrons. The maximum Gasteiger partial charge on any atom is 0.315 e. The number of aromatic hydroxyl groups is 1. The van der Waals surface area contributed by atoms with Gasteiger partial charge in [0.25, 0.3) is 5.91 Å². The van der Waals surface area contributed by atoms with Crippen LogP contribution in [0.2, 0.25) is 5.02 Å². The Labute approximate surface area is 171 Å². The number of phenols is 1. The van der Waals surface area contributed by atoms with Crippen molar-refractivity contribution in [3.63, 3.8) is 0 Å². The first kappa shape index (κ1) is 20.3. The molecule has 2 aromatic carbocycles. The maximum atomic E-state index is 13.0. The van der Waals surface area contributed by atoms with Gasteiger partial charge in [0.2, 0.25) is 5.75 Å². The van der Waals surface area contributed by atoms with Crippen molar-refractivity contribution in [1.82, 2.24) is 0 Å². The van der Waals surface area contributed by atoms with Gasteiger partial charge in [0, 0.05) is 11.1 Å². The van der Waals surface area contributed by atoms with Gasteiger partial charge in [-0.3, -0.25) is 14.9 Å². The summed E-state index contributed by atoms with van der Waals surface area (Å²) in [7, 11) is 0. The molecule has 1 N–H and O–H groups in total. The van der Waals surface area contributed by atoms with Crippen molar-refractivity contribution in [1.29, 1.82) is 0 Å². The van der Waals surface area contributed by atoms with Crippen LogP contribution in [0, 0.1) is 17.0 Å². The number of anilines is 1. The number of hydrazone groups is 1. The molecule has 0 saturated carbocycles. The standard InChI is InChI=1S/C20H18ClN3O5/c1-4-29-18-10-13(9-17(19(18)25)24(27)28)8-14-12(3)22-23(20(14)26)16-7-5-6-15(21)11(16)2/h5-10,25H,4H2,1-3H3/b14-8+. The highest BCUT2D eigenvalue weighted by Crippen LogP contribution is 2.38. The van der Waals surface area contributed by atoms with E-state index in [-0.39, 0.29) is 23.8 Å². The fourth-order valence-corrected chi connectivity index (χ4v) is 3.11. The zero-order valence-corrected chi connectivity index (χ0v) is 16.7. The zero-order valence-electron chi connectivity index (χ0n) is 16.0. The van der Waals surface area contributed by atoms with Crippen LogP contribution in [0.4, 0.5) is 11.4 Å². The summed E-state index contributed by atoms with van der Waals surface area (Å²) in [5.41, 5.74) is 1.80. The van der Waals surface area contributed by atoms with E-state index in [1.807, 2.05) is 0 Å². The lowest BCUT2D eigenvalue weighted by atomic mass is 10.1. The van der Waals surface area contributed by atoms with E-state index in [1.54, 1.807) is 39.0 Å². The molecule has 3 rings (SSSR count). The van der Waals surface area contributed by atoms with Crippen molar-refractivity contribution in [3.8, 4) is 11.5 Å². The summed E-state index contributed by atoms with van der Waals surface area (Å²) in [6.45, 7) is 5.36. The van der Waals surface area contributed by atoms with Crippen LogP contribution in [0.5, 0.6) is 11.5 Å². The molecule has 29 heavy (non-hydrogen) atoms. The molecule has 0 aliphatic carbocycles. The maximum absolute atomic E-state index is 13.0. The Hall–Kier alpha value is -3.39. The number of phenolic OH excluding ortho intramolecular Hbond substituents is 1. The van der Waals surface area contributed by atoms with E-state index in [4.69, 9.17) is 16.3 Å². The summed E-state index contributed by atoms with van der Waals surface area (Å²) in [6.07, 6.45) is 1.48. The van der Waals surface area contributed by atoms with E-state index >= 15 is 0 Å². The number of nitro benzene ring substituents is 1. The number of rotatable bonds is 5. The molecule has 2 aromatic rings. The minimum absolute atomic E-state index is 0.0314. The predicted octanol–water partition coefficient (Wildman–Crippen LogP) is 4.47. The molecule has 1 aliphatic rings. The summed E-state index contributed by atoms with van der Waals surface area (Å²) >= 11 is 6.15. The average Bonchev–Trinajstić information content (AvgIpc) is 2.94. The molecular formula is C20H18ClN3O5. The van der Waals surface area contributed by atoms with Crippen LogP contribution in [0.1, 0.15) is 25.0 Å². The lowest BCUT2D eigenvalue weighted by Crippen LogP contribution is -2.22. The van der Waals surface area contributed by atoms with Crippen LogP contribution in [-0.2, 0) is 4.79 Å². The van der Waals surface area contributed by atoms with Gasteiger partial charge in [-0.2, -0.15) is 10.1 Å². The van der Waals surface area contributed by atoms with Crippen molar-refractivity contribution < 1.29 is 19.6 Å². The molecule has 1 amide bonds. The number of hydrogen-bond donors (Lipinski definition) is 1. The second-order valence-corrected chi connectivity index (χ2v) is 6.73. The second kappa shape index (κ2) is 7.92. The van der Waals surface area contributed by atoms with Gasteiger partial charge in [0.15, 0.2) is 5.75 Å². The van der Waals surface area contributed by atoms with Gasteiger partial charge in [-0.05, 0) is 56.2 Å². The van der Waals surface area contributed by atoms with Crippen LogP contribution in [0.25, 0.3) is 6.08 Å². The van der Waals surface area contributed by atoms with E-state index in [0.29, 0.717) is 27.5 Å². The zero-order chi connectivity index (χ0) is 21.3. The van der Waals surface area contributed by atoms with Crippen molar-refractivity contribution in [2.24, 2.45) is 5.10 Å². The molecule has 1 aliphatic heterocycles. The van der Waals surface area contributed by atoms with Crippen LogP contribution >= 0.6 is 11.6 Å². The largest absolute Gasteiger partial charge is 0.500 e. The molecular weight excluding hydrogens is 398 g/mol. The van der Waals surface area contributed by atoms with Gasteiger partial charge in [-0.1, -0.05) is 17.7 Å². The Morgan fingerprint density at radius 2 is 2.07 bits per heavy atom. The molecule has 8 nitrogen and oxygen atoms in total. The Morgan fingerprint density at radius 1 is 1.34 bits per heavy atom. The summed E-state index contributed by atoms with van der Waals surface area (Å²) < 4.78 is 5.28. The predicted molar refractivity (Wildman–Crippen MR) is 111 cm³/mol. The Kier molecular flexibility index (Phi) is 5.56. The summed E-state index contributed by atoms with van der Waals surface area (Å²) in [6, 6.07) is 7.80. The topological polar surface area (TPSA) is 105 Å². The van der Waals surface area contributed by atoms with E-state index in [9.17, 15) is 20.0 Å². The number of carbonyl (C=O) groups is 1. The van der Waals surface area contributed by atoms with Gasteiger partial charge in [-0.15, -0.1) is 0 Å². The van der Waals surface area contributed by atoms with Gasteiger partial charge >= 0.3 is 5.69 Å². The number of nitrogens with zero attached hydrogens (tertiary/aromatic N) is 3.